The van der Waals surface area contributed by atoms with Gasteiger partial charge in [0, 0.05) is 0 Å². The number of para-hydroxylation sites is 2. The van der Waals surface area contributed by atoms with Gasteiger partial charge in [-0.2, -0.15) is 0 Å². The van der Waals surface area contributed by atoms with Crippen molar-refractivity contribution in [1.82, 2.24) is 0 Å². The molecule has 0 saturated heterocycles. The standard InChI is InChI=1S/C44H74O.2Na.2H/c1-3-5-7-9-11-13-15-17-19-21-23-25-27-29-35-41-37-31-33-39-43(41)45-44-40-34-32-38-42(44)36-30-28-26-24-22-20-18-16-14-12-10-8-6-4-2;;;;/h31-34,37-40H,3-30,35-36H2,1-2H3;;;;. The van der Waals surface area contributed by atoms with E-state index >= 15 is 0 Å². The molecule has 0 unspecified atom stereocenters. The molecule has 0 atom stereocenters. The van der Waals surface area contributed by atoms with Crippen LogP contribution < -0.4 is 4.74 Å². The molecule has 2 aromatic carbocycles. The van der Waals surface area contributed by atoms with E-state index < -0.39 is 0 Å². The Balaban J connectivity index is 0.0000106. The van der Waals surface area contributed by atoms with Crippen LogP contribution in [0.1, 0.15) is 205 Å². The molecule has 0 heterocycles. The second-order valence-electron chi connectivity index (χ2n) is 14.0. The van der Waals surface area contributed by atoms with Crippen molar-refractivity contribution >= 4 is 59.1 Å². The maximum atomic E-state index is 6.58. The summed E-state index contributed by atoms with van der Waals surface area (Å²) in [6, 6.07) is 17.5. The third kappa shape index (κ3) is 26.7. The Morgan fingerprint density at radius 1 is 0.319 bits per heavy atom. The summed E-state index contributed by atoms with van der Waals surface area (Å²) in [6.45, 7) is 4.60. The topological polar surface area (TPSA) is 9.23 Å². The Kier molecular flexibility index (Phi) is 36.2. The van der Waals surface area contributed by atoms with Crippen LogP contribution in [-0.2, 0) is 12.8 Å². The molecule has 0 bridgehead atoms. The fraction of sp³-hybridized carbons (Fsp3) is 0.727. The van der Waals surface area contributed by atoms with Crippen molar-refractivity contribution in [3.05, 3.63) is 59.7 Å². The summed E-state index contributed by atoms with van der Waals surface area (Å²) in [5.41, 5.74) is 2.73. The molecular weight excluding hydrogens is 590 g/mol. The van der Waals surface area contributed by atoms with Gasteiger partial charge < -0.3 is 4.74 Å². The van der Waals surface area contributed by atoms with Crippen molar-refractivity contribution in [1.29, 1.82) is 0 Å². The van der Waals surface area contributed by atoms with Crippen LogP contribution in [-0.4, -0.2) is 59.1 Å². The Morgan fingerprint density at radius 2 is 0.553 bits per heavy atom. The van der Waals surface area contributed by atoms with E-state index in [1.807, 2.05) is 0 Å². The molecule has 47 heavy (non-hydrogen) atoms. The predicted octanol–water partition coefficient (Wildman–Crippen LogP) is 14.2. The number of unbranched alkanes of at least 4 members (excludes halogenated alkanes) is 26. The van der Waals surface area contributed by atoms with Crippen molar-refractivity contribution in [3.8, 4) is 11.5 Å². The van der Waals surface area contributed by atoms with Crippen molar-refractivity contribution in [2.75, 3.05) is 0 Å². The Labute approximate surface area is 338 Å². The number of aryl methyl sites for hydroxylation is 2. The van der Waals surface area contributed by atoms with Crippen LogP contribution in [0.15, 0.2) is 48.5 Å². The average molecular weight is 667 g/mol. The van der Waals surface area contributed by atoms with Gasteiger partial charge in [-0.15, -0.1) is 0 Å². The summed E-state index contributed by atoms with van der Waals surface area (Å²) in [7, 11) is 0. The molecule has 260 valence electrons. The van der Waals surface area contributed by atoms with Crippen molar-refractivity contribution in [3.63, 3.8) is 0 Å². The molecule has 0 aliphatic heterocycles. The van der Waals surface area contributed by atoms with Crippen LogP contribution in [0.3, 0.4) is 0 Å². The van der Waals surface area contributed by atoms with E-state index in [-0.39, 0.29) is 59.1 Å². The minimum absolute atomic E-state index is 0. The SMILES string of the molecule is CCCCCCCCCCCCCCCCc1ccccc1Oc1ccccc1CCCCCCCCCCCCCCCC.[NaH].[NaH]. The minimum atomic E-state index is 0. The molecule has 0 N–H and O–H groups in total. The maximum absolute atomic E-state index is 6.58. The van der Waals surface area contributed by atoms with Crippen LogP contribution >= 0.6 is 0 Å². The first kappa shape index (κ1) is 47.2. The number of hydrogen-bond donors (Lipinski definition) is 0. The van der Waals surface area contributed by atoms with Crippen LogP contribution in [0.4, 0.5) is 0 Å². The molecule has 0 fully saturated rings. The third-order valence-electron chi connectivity index (χ3n) is 9.76. The van der Waals surface area contributed by atoms with Gasteiger partial charge >= 0.3 is 59.1 Å². The Hall–Kier alpha value is 0.240. The van der Waals surface area contributed by atoms with Crippen LogP contribution in [0.5, 0.6) is 11.5 Å². The zero-order valence-electron chi connectivity index (χ0n) is 30.2. The summed E-state index contributed by atoms with van der Waals surface area (Å²) in [6.07, 6.45) is 41.7. The molecule has 0 aromatic heterocycles. The van der Waals surface area contributed by atoms with E-state index in [4.69, 9.17) is 4.74 Å². The van der Waals surface area contributed by atoms with Gasteiger partial charge in [-0.1, -0.05) is 217 Å². The van der Waals surface area contributed by atoms with Crippen LogP contribution in [0.2, 0.25) is 0 Å². The zero-order valence-corrected chi connectivity index (χ0v) is 30.2. The van der Waals surface area contributed by atoms with E-state index in [0.717, 1.165) is 24.3 Å². The van der Waals surface area contributed by atoms with Gasteiger partial charge in [0.1, 0.15) is 11.5 Å². The van der Waals surface area contributed by atoms with E-state index in [9.17, 15) is 0 Å². The van der Waals surface area contributed by atoms with Gasteiger partial charge in [-0.25, -0.2) is 0 Å². The number of ether oxygens (including phenoxy) is 1. The average Bonchev–Trinajstić information content (AvgIpc) is 3.06. The molecule has 0 spiro atoms. The molecule has 0 aliphatic rings. The van der Waals surface area contributed by atoms with Crippen LogP contribution in [0, 0.1) is 0 Å². The quantitative estimate of drug-likeness (QED) is 0.0558. The van der Waals surface area contributed by atoms with E-state index in [1.165, 1.54) is 191 Å². The normalized spacial score (nSPS) is 10.9. The summed E-state index contributed by atoms with van der Waals surface area (Å²) in [5, 5.41) is 0. The van der Waals surface area contributed by atoms with Crippen LogP contribution in [0.25, 0.3) is 0 Å². The first-order valence-corrected chi connectivity index (χ1v) is 20.2. The molecule has 1 nitrogen and oxygen atoms in total. The van der Waals surface area contributed by atoms with E-state index in [0.29, 0.717) is 0 Å². The molecular formula is C44H76Na2O. The summed E-state index contributed by atoms with van der Waals surface area (Å²) < 4.78 is 6.58. The fourth-order valence-electron chi connectivity index (χ4n) is 6.76. The second-order valence-corrected chi connectivity index (χ2v) is 14.0. The molecule has 3 heteroatoms. The molecule has 2 aromatic rings. The number of rotatable bonds is 32. The van der Waals surface area contributed by atoms with E-state index in [2.05, 4.69) is 62.4 Å². The van der Waals surface area contributed by atoms with Gasteiger partial charge in [0.05, 0.1) is 0 Å². The van der Waals surface area contributed by atoms with Crippen molar-refractivity contribution in [2.24, 2.45) is 0 Å². The molecule has 0 aliphatic carbocycles. The van der Waals surface area contributed by atoms with Gasteiger partial charge in [-0.05, 0) is 48.9 Å². The molecule has 0 radical (unpaired) electrons. The first-order valence-electron chi connectivity index (χ1n) is 20.2. The fourth-order valence-corrected chi connectivity index (χ4v) is 6.76. The molecule has 0 amide bonds. The van der Waals surface area contributed by atoms with Crippen molar-refractivity contribution < 1.29 is 4.74 Å². The monoisotopic (exact) mass is 667 g/mol. The first-order chi connectivity index (χ1) is 22.3. The number of hydrogen-bond acceptors (Lipinski definition) is 1. The van der Waals surface area contributed by atoms with Crippen molar-refractivity contribution in [2.45, 2.75) is 206 Å². The van der Waals surface area contributed by atoms with Gasteiger partial charge in [0.2, 0.25) is 0 Å². The predicted molar refractivity (Wildman–Crippen MR) is 215 cm³/mol. The molecule has 2 rings (SSSR count). The van der Waals surface area contributed by atoms with Gasteiger partial charge in [-0.3, -0.25) is 0 Å². The van der Waals surface area contributed by atoms with Gasteiger partial charge in [0.15, 0.2) is 0 Å². The van der Waals surface area contributed by atoms with E-state index in [1.54, 1.807) is 0 Å². The molecule has 0 saturated carbocycles. The Bertz CT molecular complexity index is 840. The number of benzene rings is 2. The Morgan fingerprint density at radius 3 is 0.830 bits per heavy atom. The summed E-state index contributed by atoms with van der Waals surface area (Å²) in [4.78, 5) is 0. The third-order valence-corrected chi connectivity index (χ3v) is 9.76. The van der Waals surface area contributed by atoms with Gasteiger partial charge in [0.25, 0.3) is 0 Å². The zero-order chi connectivity index (χ0) is 31.9. The second kappa shape index (κ2) is 36.0. The summed E-state index contributed by atoms with van der Waals surface area (Å²) in [5.74, 6) is 2.11. The summed E-state index contributed by atoms with van der Waals surface area (Å²) >= 11 is 0.